The summed E-state index contributed by atoms with van der Waals surface area (Å²) in [7, 11) is -2.00. The number of benzene rings is 1. The SMILES string of the molecule is CCO[Si](C)(CCCNCCNC(=O)Nc1ccccc1)OCC. The second-order valence-electron chi connectivity index (χ2n) is 5.60. The van der Waals surface area contributed by atoms with Gasteiger partial charge in [0.05, 0.1) is 0 Å². The lowest BCUT2D eigenvalue weighted by molar-refractivity contribution is 0.188. The van der Waals surface area contributed by atoms with Crippen molar-refractivity contribution < 1.29 is 13.6 Å². The van der Waals surface area contributed by atoms with Crippen LogP contribution in [0, 0.1) is 0 Å². The van der Waals surface area contributed by atoms with Gasteiger partial charge in [0.2, 0.25) is 0 Å². The molecule has 136 valence electrons. The fourth-order valence-electron chi connectivity index (χ4n) is 2.42. The largest absolute Gasteiger partial charge is 0.395 e. The molecule has 0 saturated carbocycles. The van der Waals surface area contributed by atoms with Gasteiger partial charge in [0.25, 0.3) is 0 Å². The molecule has 7 heteroatoms. The van der Waals surface area contributed by atoms with Gasteiger partial charge in [-0.15, -0.1) is 0 Å². The molecule has 0 radical (unpaired) electrons. The van der Waals surface area contributed by atoms with E-state index in [1.165, 1.54) is 0 Å². The molecule has 1 rings (SSSR count). The van der Waals surface area contributed by atoms with E-state index in [0.717, 1.165) is 31.2 Å². The fraction of sp³-hybridized carbons (Fsp3) is 0.588. The normalized spacial score (nSPS) is 11.3. The summed E-state index contributed by atoms with van der Waals surface area (Å²) < 4.78 is 11.6. The number of amides is 2. The summed E-state index contributed by atoms with van der Waals surface area (Å²) in [4.78, 5) is 11.7. The summed E-state index contributed by atoms with van der Waals surface area (Å²) >= 11 is 0. The highest BCUT2D eigenvalue weighted by Crippen LogP contribution is 2.15. The Hall–Kier alpha value is -1.41. The van der Waals surface area contributed by atoms with Crippen molar-refractivity contribution in [2.75, 3.05) is 38.2 Å². The molecule has 0 aliphatic carbocycles. The molecular weight excluding hydrogens is 322 g/mol. The van der Waals surface area contributed by atoms with Gasteiger partial charge in [-0.25, -0.2) is 4.79 Å². The maximum Gasteiger partial charge on any atom is 0.334 e. The van der Waals surface area contributed by atoms with E-state index in [9.17, 15) is 4.79 Å². The zero-order valence-electron chi connectivity index (χ0n) is 15.1. The summed E-state index contributed by atoms with van der Waals surface area (Å²) in [5.74, 6) is 0. The van der Waals surface area contributed by atoms with E-state index >= 15 is 0 Å². The maximum absolute atomic E-state index is 11.7. The van der Waals surface area contributed by atoms with Crippen LogP contribution in [0.15, 0.2) is 30.3 Å². The average molecular weight is 354 g/mol. The quantitative estimate of drug-likeness (QED) is 0.399. The Morgan fingerprint density at radius 2 is 1.71 bits per heavy atom. The van der Waals surface area contributed by atoms with E-state index < -0.39 is 8.56 Å². The Bertz CT molecular complexity index is 454. The van der Waals surface area contributed by atoms with Crippen molar-refractivity contribution in [2.45, 2.75) is 32.9 Å². The highest BCUT2D eigenvalue weighted by Gasteiger charge is 2.29. The van der Waals surface area contributed by atoms with Crippen LogP contribution in [0.1, 0.15) is 20.3 Å². The zero-order valence-corrected chi connectivity index (χ0v) is 16.1. The third-order valence-corrected chi connectivity index (χ3v) is 6.56. The molecule has 24 heavy (non-hydrogen) atoms. The van der Waals surface area contributed by atoms with Crippen molar-refractivity contribution in [3.63, 3.8) is 0 Å². The van der Waals surface area contributed by atoms with Gasteiger partial charge in [-0.2, -0.15) is 0 Å². The van der Waals surface area contributed by atoms with Gasteiger partial charge in [-0.05, 0) is 51.5 Å². The van der Waals surface area contributed by atoms with E-state index in [0.29, 0.717) is 19.8 Å². The monoisotopic (exact) mass is 353 g/mol. The molecule has 0 fully saturated rings. The van der Waals surface area contributed by atoms with Crippen molar-refractivity contribution in [3.8, 4) is 0 Å². The van der Waals surface area contributed by atoms with Crippen LogP contribution < -0.4 is 16.0 Å². The first-order chi connectivity index (χ1) is 11.6. The molecule has 0 unspecified atom stereocenters. The van der Waals surface area contributed by atoms with Crippen molar-refractivity contribution in [1.29, 1.82) is 0 Å². The highest BCUT2D eigenvalue weighted by atomic mass is 28.4. The molecule has 0 aliphatic heterocycles. The first-order valence-corrected chi connectivity index (χ1v) is 11.2. The summed E-state index contributed by atoms with van der Waals surface area (Å²) in [6, 6.07) is 10.2. The highest BCUT2D eigenvalue weighted by molar-refractivity contribution is 6.66. The first-order valence-electron chi connectivity index (χ1n) is 8.68. The van der Waals surface area contributed by atoms with Gasteiger partial charge < -0.3 is 24.8 Å². The van der Waals surface area contributed by atoms with Gasteiger partial charge in [0.15, 0.2) is 0 Å². The number of hydrogen-bond donors (Lipinski definition) is 3. The van der Waals surface area contributed by atoms with Crippen molar-refractivity contribution in [2.24, 2.45) is 0 Å². The van der Waals surface area contributed by atoms with Crippen molar-refractivity contribution in [3.05, 3.63) is 30.3 Å². The molecule has 0 bridgehead atoms. The predicted molar refractivity (Wildman–Crippen MR) is 101 cm³/mol. The maximum atomic E-state index is 11.7. The molecule has 2 amide bonds. The number of carbonyl (C=O) groups is 1. The Kier molecular flexibility index (Phi) is 10.3. The van der Waals surface area contributed by atoms with Gasteiger partial charge in [-0.3, -0.25) is 0 Å². The number of para-hydroxylation sites is 1. The van der Waals surface area contributed by atoms with Gasteiger partial charge in [-0.1, -0.05) is 18.2 Å². The molecule has 0 spiro atoms. The third-order valence-electron chi connectivity index (χ3n) is 3.50. The van der Waals surface area contributed by atoms with Gasteiger partial charge >= 0.3 is 14.6 Å². The van der Waals surface area contributed by atoms with Gasteiger partial charge in [0.1, 0.15) is 0 Å². The summed E-state index contributed by atoms with van der Waals surface area (Å²) in [6.45, 7) is 9.77. The van der Waals surface area contributed by atoms with E-state index in [4.69, 9.17) is 8.85 Å². The molecule has 0 aromatic heterocycles. The van der Waals surface area contributed by atoms with Crippen LogP contribution >= 0.6 is 0 Å². The molecule has 0 aliphatic rings. The zero-order chi connectivity index (χ0) is 17.7. The molecule has 6 nitrogen and oxygen atoms in total. The Labute approximate surface area is 146 Å². The molecular formula is C17H31N3O3Si. The Morgan fingerprint density at radius 3 is 2.33 bits per heavy atom. The minimum absolute atomic E-state index is 0.185. The van der Waals surface area contributed by atoms with Crippen LogP contribution in [-0.4, -0.2) is 47.4 Å². The summed E-state index contributed by atoms with van der Waals surface area (Å²) in [5.41, 5.74) is 0.791. The third kappa shape index (κ3) is 9.02. The molecule has 1 aromatic carbocycles. The number of nitrogens with one attached hydrogen (secondary N) is 3. The minimum Gasteiger partial charge on any atom is -0.395 e. The molecule has 0 heterocycles. The van der Waals surface area contributed by atoms with Crippen LogP contribution in [0.4, 0.5) is 10.5 Å². The first kappa shape index (κ1) is 20.6. The lowest BCUT2D eigenvalue weighted by atomic mass is 10.3. The van der Waals surface area contributed by atoms with Crippen LogP contribution in [0.25, 0.3) is 0 Å². The number of hydrogen-bond acceptors (Lipinski definition) is 4. The second-order valence-corrected chi connectivity index (χ2v) is 8.95. The topological polar surface area (TPSA) is 71.6 Å². The molecule has 0 atom stereocenters. The number of anilines is 1. The summed E-state index contributed by atoms with van der Waals surface area (Å²) in [6.07, 6.45) is 1.01. The Balaban J connectivity index is 2.06. The van der Waals surface area contributed by atoms with E-state index in [2.05, 4.69) is 22.5 Å². The second kappa shape index (κ2) is 12.0. The van der Waals surface area contributed by atoms with E-state index in [1.54, 1.807) is 0 Å². The van der Waals surface area contributed by atoms with Crippen LogP contribution in [0.5, 0.6) is 0 Å². The molecule has 3 N–H and O–H groups in total. The smallest absolute Gasteiger partial charge is 0.334 e. The van der Waals surface area contributed by atoms with Crippen molar-refractivity contribution in [1.82, 2.24) is 10.6 Å². The average Bonchev–Trinajstić information content (AvgIpc) is 2.55. The van der Waals surface area contributed by atoms with Crippen LogP contribution in [0.3, 0.4) is 0 Å². The number of rotatable bonds is 12. The summed E-state index contributed by atoms with van der Waals surface area (Å²) in [5, 5.41) is 8.94. The molecule has 1 aromatic rings. The van der Waals surface area contributed by atoms with E-state index in [-0.39, 0.29) is 6.03 Å². The van der Waals surface area contributed by atoms with Crippen LogP contribution in [0.2, 0.25) is 12.6 Å². The predicted octanol–water partition coefficient (Wildman–Crippen LogP) is 2.93. The minimum atomic E-state index is -2.00. The standard InChI is InChI=1S/C17H31N3O3Si/c1-4-22-24(3,23-5-2)15-9-12-18-13-14-19-17(21)20-16-10-7-6-8-11-16/h6-8,10-11,18H,4-5,9,12-15H2,1-3H3,(H2,19,20,21). The van der Waals surface area contributed by atoms with Crippen molar-refractivity contribution >= 4 is 20.3 Å². The lowest BCUT2D eigenvalue weighted by Gasteiger charge is -2.25. The lowest BCUT2D eigenvalue weighted by Crippen LogP contribution is -2.39. The van der Waals surface area contributed by atoms with Crippen LogP contribution in [-0.2, 0) is 8.85 Å². The Morgan fingerprint density at radius 1 is 1.04 bits per heavy atom. The fourth-order valence-corrected chi connectivity index (χ4v) is 4.83. The van der Waals surface area contributed by atoms with Gasteiger partial charge in [0, 0.05) is 32.0 Å². The number of urea groups is 1. The molecule has 0 saturated heterocycles. The van der Waals surface area contributed by atoms with E-state index in [1.807, 2.05) is 44.2 Å². The number of carbonyl (C=O) groups excluding carboxylic acids is 1.